The van der Waals surface area contributed by atoms with E-state index in [0.29, 0.717) is 30.3 Å². The third-order valence-electron chi connectivity index (χ3n) is 5.43. The Hall–Kier alpha value is -4.70. The minimum absolute atomic E-state index is 0.0463. The van der Waals surface area contributed by atoms with Gasteiger partial charge in [-0.15, -0.1) is 0 Å². The van der Waals surface area contributed by atoms with Crippen molar-refractivity contribution in [1.82, 2.24) is 10.4 Å². The first-order chi connectivity index (χ1) is 19.0. The molecule has 0 bridgehead atoms. The third kappa shape index (κ3) is 7.42. The molecule has 0 unspecified atom stereocenters. The number of aromatic nitrogens is 1. The van der Waals surface area contributed by atoms with Gasteiger partial charge >= 0.3 is 0 Å². The first kappa shape index (κ1) is 27.3. The monoisotopic (exact) mass is 544 g/mol. The molecule has 1 amide bonds. The van der Waals surface area contributed by atoms with Crippen LogP contribution in [0.2, 0.25) is 0 Å². The number of amides is 1. The van der Waals surface area contributed by atoms with Crippen LogP contribution in [0.1, 0.15) is 18.1 Å². The van der Waals surface area contributed by atoms with Gasteiger partial charge in [0.2, 0.25) is 0 Å². The lowest BCUT2D eigenvalue weighted by Gasteiger charge is -2.22. The van der Waals surface area contributed by atoms with Crippen molar-refractivity contribution in [2.45, 2.75) is 18.4 Å². The molecule has 39 heavy (non-hydrogen) atoms. The lowest BCUT2D eigenvalue weighted by atomic mass is 10.2. The predicted molar refractivity (Wildman–Crippen MR) is 149 cm³/mol. The summed E-state index contributed by atoms with van der Waals surface area (Å²) in [6.45, 7) is 2.20. The fraction of sp³-hybridized carbons (Fsp3) is 0.138. The van der Waals surface area contributed by atoms with Gasteiger partial charge in [-0.3, -0.25) is 4.79 Å². The Morgan fingerprint density at radius 2 is 1.64 bits per heavy atom. The van der Waals surface area contributed by atoms with E-state index in [-0.39, 0.29) is 10.7 Å². The number of hydrazone groups is 1. The van der Waals surface area contributed by atoms with Crippen molar-refractivity contribution in [2.75, 3.05) is 17.5 Å². The Bertz CT molecular complexity index is 1500. The fourth-order valence-corrected chi connectivity index (χ4v) is 4.98. The van der Waals surface area contributed by atoms with Gasteiger partial charge in [0.05, 0.1) is 17.7 Å². The van der Waals surface area contributed by atoms with Crippen LogP contribution < -0.4 is 19.2 Å². The molecular weight excluding hydrogens is 516 g/mol. The van der Waals surface area contributed by atoms with Crippen LogP contribution in [-0.2, 0) is 21.4 Å². The summed E-state index contributed by atoms with van der Waals surface area (Å²) in [7, 11) is -4.04. The van der Waals surface area contributed by atoms with E-state index in [0.717, 1.165) is 9.87 Å². The van der Waals surface area contributed by atoms with E-state index < -0.39 is 22.5 Å². The lowest BCUT2D eigenvalue weighted by Crippen LogP contribution is -2.40. The highest BCUT2D eigenvalue weighted by atomic mass is 32.2. The van der Waals surface area contributed by atoms with Gasteiger partial charge in [0.1, 0.15) is 19.0 Å². The molecule has 0 aliphatic rings. The van der Waals surface area contributed by atoms with E-state index in [4.69, 9.17) is 9.47 Å². The number of anilines is 1. The molecule has 0 aliphatic heterocycles. The number of hydrogen-bond donors (Lipinski definition) is 1. The molecule has 4 rings (SSSR count). The third-order valence-corrected chi connectivity index (χ3v) is 7.20. The summed E-state index contributed by atoms with van der Waals surface area (Å²) < 4.78 is 39.1. The zero-order valence-corrected chi connectivity index (χ0v) is 22.1. The number of pyridine rings is 1. The molecule has 0 saturated heterocycles. The molecule has 1 N–H and O–H groups in total. The minimum Gasteiger partial charge on any atom is -0.490 e. The van der Waals surface area contributed by atoms with E-state index in [1.165, 1.54) is 30.6 Å². The van der Waals surface area contributed by atoms with E-state index in [1.54, 1.807) is 48.5 Å². The Morgan fingerprint density at radius 1 is 0.923 bits per heavy atom. The zero-order chi connectivity index (χ0) is 27.5. The standard InChI is InChI=1S/C29H28N4O5S/c1-2-37-27-19-24(16-17-26(27)38-22-23-11-5-3-6-12-23)20-31-32-29(34)21-33(28-15-9-10-18-30-28)39(35,36)25-13-7-4-8-14-25/h3-20H,2,21-22H2,1H3,(H,32,34)/b31-20-. The summed E-state index contributed by atoms with van der Waals surface area (Å²) in [4.78, 5) is 16.9. The summed E-state index contributed by atoms with van der Waals surface area (Å²) in [6, 6.07) is 27.8. The normalized spacial score (nSPS) is 11.2. The van der Waals surface area contributed by atoms with Crippen molar-refractivity contribution in [3.8, 4) is 11.5 Å². The first-order valence-electron chi connectivity index (χ1n) is 12.2. The number of hydrogen-bond acceptors (Lipinski definition) is 7. The zero-order valence-electron chi connectivity index (χ0n) is 21.3. The SMILES string of the molecule is CCOc1cc(/C=N\NC(=O)CN(c2ccccn2)S(=O)(=O)c2ccccc2)ccc1OCc1ccccc1. The van der Waals surface area contributed by atoms with Gasteiger partial charge in [-0.25, -0.2) is 23.1 Å². The summed E-state index contributed by atoms with van der Waals surface area (Å²) in [5, 5.41) is 4.00. The molecule has 0 saturated carbocycles. The fourth-order valence-electron chi connectivity index (χ4n) is 3.58. The number of nitrogens with one attached hydrogen (secondary N) is 1. The molecule has 1 heterocycles. The van der Waals surface area contributed by atoms with Crippen LogP contribution in [0.15, 0.2) is 113 Å². The van der Waals surface area contributed by atoms with Crippen molar-refractivity contribution in [3.05, 3.63) is 114 Å². The number of carbonyl (C=O) groups is 1. The Balaban J connectivity index is 1.44. The number of ether oxygens (including phenoxy) is 2. The van der Waals surface area contributed by atoms with Gasteiger partial charge in [0, 0.05) is 6.20 Å². The number of nitrogens with zero attached hydrogens (tertiary/aromatic N) is 3. The maximum atomic E-state index is 13.3. The maximum absolute atomic E-state index is 13.3. The maximum Gasteiger partial charge on any atom is 0.265 e. The molecule has 0 fully saturated rings. The highest BCUT2D eigenvalue weighted by Crippen LogP contribution is 2.29. The molecule has 0 atom stereocenters. The molecular formula is C29H28N4O5S. The van der Waals surface area contributed by atoms with Crippen molar-refractivity contribution in [2.24, 2.45) is 5.10 Å². The van der Waals surface area contributed by atoms with Crippen LogP contribution in [-0.4, -0.2) is 38.7 Å². The topological polar surface area (TPSA) is 110 Å². The second kappa shape index (κ2) is 13.2. The average Bonchev–Trinajstić information content (AvgIpc) is 2.97. The van der Waals surface area contributed by atoms with E-state index in [9.17, 15) is 13.2 Å². The molecule has 9 nitrogen and oxygen atoms in total. The van der Waals surface area contributed by atoms with Gasteiger partial charge in [0.25, 0.3) is 15.9 Å². The summed E-state index contributed by atoms with van der Waals surface area (Å²) in [5.41, 5.74) is 4.08. The minimum atomic E-state index is -4.04. The highest BCUT2D eigenvalue weighted by Gasteiger charge is 2.27. The van der Waals surface area contributed by atoms with Crippen molar-refractivity contribution in [3.63, 3.8) is 0 Å². The Kier molecular flexibility index (Phi) is 9.25. The van der Waals surface area contributed by atoms with Crippen LogP contribution in [0.5, 0.6) is 11.5 Å². The van der Waals surface area contributed by atoms with Crippen LogP contribution in [0.4, 0.5) is 5.82 Å². The summed E-state index contributed by atoms with van der Waals surface area (Å²) >= 11 is 0. The second-order valence-electron chi connectivity index (χ2n) is 8.22. The molecule has 10 heteroatoms. The number of rotatable bonds is 12. The quantitative estimate of drug-likeness (QED) is 0.209. The van der Waals surface area contributed by atoms with Gasteiger partial charge in [-0.2, -0.15) is 5.10 Å². The number of carbonyl (C=O) groups excluding carboxylic acids is 1. The summed E-state index contributed by atoms with van der Waals surface area (Å²) in [6.07, 6.45) is 2.90. The Morgan fingerprint density at radius 3 is 2.33 bits per heavy atom. The van der Waals surface area contributed by atoms with E-state index in [2.05, 4.69) is 15.5 Å². The lowest BCUT2D eigenvalue weighted by molar-refractivity contribution is -0.119. The molecule has 1 aromatic heterocycles. The van der Waals surface area contributed by atoms with E-state index >= 15 is 0 Å². The van der Waals surface area contributed by atoms with Gasteiger partial charge in [-0.05, 0) is 60.5 Å². The summed E-state index contributed by atoms with van der Waals surface area (Å²) in [5.74, 6) is 0.607. The van der Waals surface area contributed by atoms with Crippen molar-refractivity contribution >= 4 is 28.0 Å². The van der Waals surface area contributed by atoms with Gasteiger partial charge < -0.3 is 9.47 Å². The van der Waals surface area contributed by atoms with Crippen molar-refractivity contribution in [1.29, 1.82) is 0 Å². The highest BCUT2D eigenvalue weighted by molar-refractivity contribution is 7.92. The molecule has 3 aromatic carbocycles. The number of sulfonamides is 1. The van der Waals surface area contributed by atoms with Gasteiger partial charge in [-0.1, -0.05) is 54.6 Å². The van der Waals surface area contributed by atoms with E-state index in [1.807, 2.05) is 37.3 Å². The molecule has 0 spiro atoms. The first-order valence-corrected chi connectivity index (χ1v) is 13.7. The average molecular weight is 545 g/mol. The predicted octanol–water partition coefficient (Wildman–Crippen LogP) is 4.40. The van der Waals surface area contributed by atoms with Crippen LogP contribution in [0.25, 0.3) is 0 Å². The van der Waals surface area contributed by atoms with Crippen LogP contribution in [0, 0.1) is 0 Å². The molecule has 200 valence electrons. The molecule has 0 radical (unpaired) electrons. The second-order valence-corrected chi connectivity index (χ2v) is 10.1. The Labute approximate surface area is 227 Å². The largest absolute Gasteiger partial charge is 0.490 e. The van der Waals surface area contributed by atoms with Crippen molar-refractivity contribution < 1.29 is 22.7 Å². The number of benzene rings is 3. The van der Waals surface area contributed by atoms with Crippen LogP contribution >= 0.6 is 0 Å². The molecule has 0 aliphatic carbocycles. The molecule has 4 aromatic rings. The van der Waals surface area contributed by atoms with Crippen LogP contribution in [0.3, 0.4) is 0 Å². The van der Waals surface area contributed by atoms with Gasteiger partial charge in [0.15, 0.2) is 11.5 Å². The smallest absolute Gasteiger partial charge is 0.265 e.